The molecule has 0 saturated heterocycles. The van der Waals surface area contributed by atoms with Crippen LogP contribution in [-0.4, -0.2) is 28.8 Å². The van der Waals surface area contributed by atoms with Crippen LogP contribution in [0.2, 0.25) is 0 Å². The first-order valence-corrected chi connectivity index (χ1v) is 9.39. The van der Waals surface area contributed by atoms with E-state index >= 15 is 0 Å². The molecule has 0 unspecified atom stereocenters. The lowest BCUT2D eigenvalue weighted by molar-refractivity contribution is 0.581. The maximum atomic E-state index is 12.5. The molecule has 0 saturated carbocycles. The van der Waals surface area contributed by atoms with E-state index in [4.69, 9.17) is 0 Å². The van der Waals surface area contributed by atoms with E-state index in [1.807, 2.05) is 0 Å². The molecule has 136 valence electrons. The largest absolute Gasteiger partial charge is 0.320 e. The molecule has 0 fully saturated rings. The third-order valence-electron chi connectivity index (χ3n) is 4.09. The molecule has 0 atom stereocenters. The molecular weight excluding hydrogens is 370 g/mol. The van der Waals surface area contributed by atoms with Crippen molar-refractivity contribution in [3.63, 3.8) is 0 Å². The Kier molecular flexibility index (Phi) is 4.05. The Morgan fingerprint density at radius 3 is 2.59 bits per heavy atom. The third kappa shape index (κ3) is 3.11. The minimum atomic E-state index is -3.67. The average Bonchev–Trinajstić information content (AvgIpc) is 3.13. The average molecular weight is 383 g/mol. The van der Waals surface area contributed by atoms with Crippen LogP contribution >= 0.6 is 0 Å². The van der Waals surface area contributed by atoms with E-state index in [1.54, 1.807) is 30.3 Å². The summed E-state index contributed by atoms with van der Waals surface area (Å²) < 4.78 is 27.1. The molecule has 0 bridgehead atoms. The molecule has 4 rings (SSSR count). The van der Waals surface area contributed by atoms with E-state index in [0.717, 1.165) is 0 Å². The van der Waals surface area contributed by atoms with Crippen LogP contribution in [0.5, 0.6) is 0 Å². The molecule has 0 spiro atoms. The van der Waals surface area contributed by atoms with Gasteiger partial charge in [-0.15, -0.1) is 5.10 Å². The fourth-order valence-electron chi connectivity index (χ4n) is 2.73. The number of benzene rings is 2. The topological polar surface area (TPSA) is 138 Å². The zero-order valence-corrected chi connectivity index (χ0v) is 14.6. The Morgan fingerprint density at radius 1 is 1.04 bits per heavy atom. The molecule has 3 N–H and O–H groups in total. The van der Waals surface area contributed by atoms with Crippen LogP contribution < -0.4 is 15.7 Å². The molecule has 0 aliphatic heterocycles. The quantitative estimate of drug-likeness (QED) is 0.473. The number of aromatic nitrogens is 4. The zero-order chi connectivity index (χ0) is 19.0. The summed E-state index contributed by atoms with van der Waals surface area (Å²) in [5.41, 5.74) is -0.176. The van der Waals surface area contributed by atoms with Gasteiger partial charge in [-0.05, 0) is 29.8 Å². The van der Waals surface area contributed by atoms with Gasteiger partial charge in [-0.3, -0.25) is 14.7 Å². The van der Waals surface area contributed by atoms with Crippen LogP contribution in [0.4, 0.5) is 0 Å². The highest BCUT2D eigenvalue weighted by atomic mass is 32.2. The monoisotopic (exact) mass is 383 g/mol. The summed E-state index contributed by atoms with van der Waals surface area (Å²) in [6, 6.07) is 12.7. The lowest BCUT2D eigenvalue weighted by Gasteiger charge is -2.07. The van der Waals surface area contributed by atoms with Crippen molar-refractivity contribution in [3.8, 4) is 0 Å². The number of H-pyrrole nitrogens is 2. The predicted molar refractivity (Wildman–Crippen MR) is 98.8 cm³/mol. The van der Waals surface area contributed by atoms with E-state index in [9.17, 15) is 18.0 Å². The van der Waals surface area contributed by atoms with E-state index in [-0.39, 0.29) is 33.4 Å². The summed E-state index contributed by atoms with van der Waals surface area (Å²) in [5, 5.41) is 9.81. The van der Waals surface area contributed by atoms with Gasteiger partial charge in [-0.25, -0.2) is 13.1 Å². The Morgan fingerprint density at radius 2 is 1.81 bits per heavy atom. The Balaban J connectivity index is 1.73. The zero-order valence-electron chi connectivity index (χ0n) is 13.8. The number of fused-ring (bicyclic) bond motifs is 2. The van der Waals surface area contributed by atoms with Crippen molar-refractivity contribution in [2.45, 2.75) is 11.4 Å². The Hall–Kier alpha value is -3.37. The molecule has 0 aliphatic carbocycles. The molecule has 0 aliphatic rings. The molecule has 2 aromatic heterocycles. The lowest BCUT2D eigenvalue weighted by atomic mass is 10.1. The normalized spacial score (nSPS) is 11.9. The van der Waals surface area contributed by atoms with Gasteiger partial charge in [-0.1, -0.05) is 29.5 Å². The Bertz CT molecular complexity index is 1380. The van der Waals surface area contributed by atoms with Crippen LogP contribution in [0.25, 0.3) is 21.9 Å². The van der Waals surface area contributed by atoms with Gasteiger partial charge in [0.2, 0.25) is 15.5 Å². The van der Waals surface area contributed by atoms with Crippen molar-refractivity contribution < 1.29 is 8.42 Å². The number of nitrogens with one attached hydrogen (secondary N) is 3. The second-order valence-electron chi connectivity index (χ2n) is 5.84. The number of rotatable bonds is 4. The molecule has 9 nitrogen and oxygen atoms in total. The molecule has 10 heteroatoms. The summed E-state index contributed by atoms with van der Waals surface area (Å²) in [6.45, 7) is -0.000328. The summed E-state index contributed by atoms with van der Waals surface area (Å²) in [4.78, 5) is 27.5. The second kappa shape index (κ2) is 6.41. The molecule has 27 heavy (non-hydrogen) atoms. The van der Waals surface area contributed by atoms with E-state index in [1.165, 1.54) is 18.2 Å². The molecule has 0 radical (unpaired) electrons. The molecule has 2 heterocycles. The van der Waals surface area contributed by atoms with Gasteiger partial charge in [0.05, 0.1) is 10.4 Å². The van der Waals surface area contributed by atoms with Crippen LogP contribution in [0, 0.1) is 0 Å². The number of nitrogens with zero attached hydrogens (tertiary/aromatic N) is 2. The van der Waals surface area contributed by atoms with Gasteiger partial charge in [0.1, 0.15) is 5.52 Å². The number of sulfonamides is 1. The lowest BCUT2D eigenvalue weighted by Crippen LogP contribution is -2.23. The van der Waals surface area contributed by atoms with Crippen molar-refractivity contribution in [2.24, 2.45) is 0 Å². The summed E-state index contributed by atoms with van der Waals surface area (Å²) in [5.74, 6) is 0. The van der Waals surface area contributed by atoms with E-state index < -0.39 is 21.0 Å². The predicted octanol–water partition coefficient (Wildman–Crippen LogP) is 0.638. The second-order valence-corrected chi connectivity index (χ2v) is 7.60. The fraction of sp³-hybridized carbons (Fsp3) is 0.0588. The van der Waals surface area contributed by atoms with Gasteiger partial charge in [0.15, 0.2) is 5.52 Å². The van der Waals surface area contributed by atoms with Crippen molar-refractivity contribution in [2.75, 3.05) is 0 Å². The molecule has 0 amide bonds. The first kappa shape index (κ1) is 17.1. The fourth-order valence-corrected chi connectivity index (χ4v) is 3.76. The third-order valence-corrected chi connectivity index (χ3v) is 5.50. The Labute approximate surface area is 152 Å². The van der Waals surface area contributed by atoms with Crippen LogP contribution in [0.3, 0.4) is 0 Å². The van der Waals surface area contributed by atoms with Gasteiger partial charge in [-0.2, -0.15) is 0 Å². The maximum absolute atomic E-state index is 12.5. The minimum Gasteiger partial charge on any atom is -0.320 e. The van der Waals surface area contributed by atoms with Crippen LogP contribution in [0.15, 0.2) is 63.0 Å². The van der Waals surface area contributed by atoms with Crippen molar-refractivity contribution in [3.05, 3.63) is 74.7 Å². The highest BCUT2D eigenvalue weighted by Crippen LogP contribution is 2.13. The van der Waals surface area contributed by atoms with Crippen molar-refractivity contribution in [1.29, 1.82) is 0 Å². The minimum absolute atomic E-state index is 0.000328. The summed E-state index contributed by atoms with van der Waals surface area (Å²) in [7, 11) is -3.67. The highest BCUT2D eigenvalue weighted by Gasteiger charge is 2.14. The maximum Gasteiger partial charge on any atom is 0.278 e. The van der Waals surface area contributed by atoms with Crippen molar-refractivity contribution in [1.82, 2.24) is 25.1 Å². The molecule has 4 aromatic rings. The van der Waals surface area contributed by atoms with Crippen molar-refractivity contribution >= 4 is 32.0 Å². The first-order valence-electron chi connectivity index (χ1n) is 7.90. The highest BCUT2D eigenvalue weighted by molar-refractivity contribution is 7.89. The van der Waals surface area contributed by atoms with Crippen LogP contribution in [-0.2, 0) is 16.6 Å². The van der Waals surface area contributed by atoms with E-state index in [0.29, 0.717) is 5.56 Å². The smallest absolute Gasteiger partial charge is 0.278 e. The SMILES string of the molecule is O=c1[nH]c2cc(CNS(=O)(=O)c3ccccc3)ccc2c(=O)c2[nH]nnc12. The standard InChI is InChI=1S/C17H13N5O4S/c23-16-12-7-6-10(9-18-27(25,26)11-4-2-1-3-5-11)8-13(12)19-17(24)15-14(16)20-22-21-15/h1-8,18H,9H2,(H,19,24)(H,20,21,22). The number of aromatic amines is 2. The number of hydrogen-bond donors (Lipinski definition) is 3. The first-order chi connectivity index (χ1) is 13.0. The van der Waals surface area contributed by atoms with Crippen LogP contribution in [0.1, 0.15) is 5.56 Å². The van der Waals surface area contributed by atoms with Gasteiger partial charge in [0.25, 0.3) is 5.56 Å². The van der Waals surface area contributed by atoms with Gasteiger partial charge < -0.3 is 4.98 Å². The molecular formula is C17H13N5O4S. The summed E-state index contributed by atoms with van der Waals surface area (Å²) in [6.07, 6.45) is 0. The van der Waals surface area contributed by atoms with Gasteiger partial charge in [0, 0.05) is 11.9 Å². The molecule has 2 aromatic carbocycles. The summed E-state index contributed by atoms with van der Waals surface area (Å²) >= 11 is 0. The van der Waals surface area contributed by atoms with E-state index in [2.05, 4.69) is 25.1 Å². The van der Waals surface area contributed by atoms with Gasteiger partial charge >= 0.3 is 0 Å². The number of hydrogen-bond acceptors (Lipinski definition) is 6.